The van der Waals surface area contributed by atoms with E-state index in [4.69, 9.17) is 32.7 Å². The van der Waals surface area contributed by atoms with Crippen LogP contribution in [0.4, 0.5) is 11.4 Å². The van der Waals surface area contributed by atoms with Crippen LogP contribution in [0.5, 0.6) is 11.5 Å². The first-order valence-electron chi connectivity index (χ1n) is 8.45. The molecular formula is C18H18Cl2N2O5S. The lowest BCUT2D eigenvalue weighted by Crippen LogP contribution is -2.39. The van der Waals surface area contributed by atoms with Gasteiger partial charge in [0.05, 0.1) is 21.5 Å². The number of ether oxygens (including phenoxy) is 2. The van der Waals surface area contributed by atoms with E-state index in [1.807, 2.05) is 0 Å². The Morgan fingerprint density at radius 3 is 2.46 bits per heavy atom. The number of nitrogens with zero attached hydrogens (tertiary/aromatic N) is 1. The highest BCUT2D eigenvalue weighted by molar-refractivity contribution is 7.92. The number of rotatable bonds is 6. The van der Waals surface area contributed by atoms with Crippen molar-refractivity contribution in [1.29, 1.82) is 0 Å². The summed E-state index contributed by atoms with van der Waals surface area (Å²) in [7, 11) is -3.71. The lowest BCUT2D eigenvalue weighted by atomic mass is 10.2. The number of carbonyl (C=O) groups is 1. The van der Waals surface area contributed by atoms with Gasteiger partial charge in [-0.15, -0.1) is 0 Å². The van der Waals surface area contributed by atoms with Crippen LogP contribution in [0, 0.1) is 0 Å². The van der Waals surface area contributed by atoms with Gasteiger partial charge in [-0.25, -0.2) is 8.42 Å². The van der Waals surface area contributed by atoms with Gasteiger partial charge in [-0.2, -0.15) is 0 Å². The molecule has 0 unspecified atom stereocenters. The molecule has 0 spiro atoms. The van der Waals surface area contributed by atoms with Gasteiger partial charge in [0.25, 0.3) is 0 Å². The predicted molar refractivity (Wildman–Crippen MR) is 109 cm³/mol. The smallest absolute Gasteiger partial charge is 0.245 e. The first-order valence-corrected chi connectivity index (χ1v) is 10.8. The first kappa shape index (κ1) is 20.6. The average molecular weight is 445 g/mol. The van der Waals surface area contributed by atoms with Gasteiger partial charge >= 0.3 is 0 Å². The predicted octanol–water partition coefficient (Wildman–Crippen LogP) is 3.56. The maximum absolute atomic E-state index is 12.6. The van der Waals surface area contributed by atoms with Crippen LogP contribution >= 0.6 is 23.2 Å². The summed E-state index contributed by atoms with van der Waals surface area (Å²) in [6.07, 6.45) is 0. The molecule has 1 amide bonds. The van der Waals surface area contributed by atoms with Crippen molar-refractivity contribution >= 4 is 50.5 Å². The molecule has 150 valence electrons. The van der Waals surface area contributed by atoms with Gasteiger partial charge in [-0.1, -0.05) is 23.2 Å². The van der Waals surface area contributed by atoms with E-state index >= 15 is 0 Å². The summed E-state index contributed by atoms with van der Waals surface area (Å²) in [6, 6.07) is 9.36. The van der Waals surface area contributed by atoms with E-state index in [0.717, 1.165) is 4.31 Å². The largest absolute Gasteiger partial charge is 0.486 e. The third-order valence-electron chi connectivity index (χ3n) is 4.00. The molecular weight excluding hydrogens is 427 g/mol. The van der Waals surface area contributed by atoms with Gasteiger partial charge in [-0.3, -0.25) is 9.10 Å². The number of amides is 1. The Morgan fingerprint density at radius 1 is 1.07 bits per heavy atom. The number of sulfonamides is 1. The van der Waals surface area contributed by atoms with Gasteiger partial charge in [0, 0.05) is 11.8 Å². The Labute approximate surface area is 173 Å². The molecule has 2 aromatic carbocycles. The molecule has 7 nitrogen and oxygen atoms in total. The fourth-order valence-corrected chi connectivity index (χ4v) is 3.96. The lowest BCUT2D eigenvalue weighted by molar-refractivity contribution is -0.114. The monoisotopic (exact) mass is 444 g/mol. The van der Waals surface area contributed by atoms with Crippen LogP contribution in [0.3, 0.4) is 0 Å². The van der Waals surface area contributed by atoms with Gasteiger partial charge < -0.3 is 14.8 Å². The molecule has 1 aliphatic heterocycles. The zero-order valence-corrected chi connectivity index (χ0v) is 17.3. The number of anilines is 2. The summed E-state index contributed by atoms with van der Waals surface area (Å²) >= 11 is 11.8. The topological polar surface area (TPSA) is 84.9 Å². The van der Waals surface area contributed by atoms with E-state index in [2.05, 4.69) is 5.32 Å². The highest BCUT2D eigenvalue weighted by Gasteiger charge is 2.25. The molecule has 0 aliphatic carbocycles. The van der Waals surface area contributed by atoms with Crippen LogP contribution in [-0.2, 0) is 14.8 Å². The Kier molecular flexibility index (Phi) is 6.22. The van der Waals surface area contributed by atoms with Crippen molar-refractivity contribution in [3.05, 3.63) is 46.4 Å². The van der Waals surface area contributed by atoms with Crippen molar-refractivity contribution in [3.63, 3.8) is 0 Å². The lowest BCUT2D eigenvalue weighted by Gasteiger charge is -2.25. The van der Waals surface area contributed by atoms with Crippen LogP contribution in [-0.4, -0.2) is 39.8 Å². The van der Waals surface area contributed by atoms with Crippen molar-refractivity contribution in [1.82, 2.24) is 0 Å². The molecule has 1 aliphatic rings. The number of fused-ring (bicyclic) bond motifs is 1. The Morgan fingerprint density at radius 2 is 1.79 bits per heavy atom. The summed E-state index contributed by atoms with van der Waals surface area (Å²) in [5, 5.41) is 3.26. The van der Waals surface area contributed by atoms with Gasteiger partial charge in [-0.05, 0) is 37.3 Å². The fraction of sp³-hybridized carbons (Fsp3) is 0.278. The zero-order chi connectivity index (χ0) is 20.3. The number of nitrogens with one attached hydrogen (secondary N) is 1. The minimum atomic E-state index is -3.71. The van der Waals surface area contributed by atoms with E-state index in [-0.39, 0.29) is 10.8 Å². The van der Waals surface area contributed by atoms with E-state index in [1.54, 1.807) is 30.3 Å². The molecule has 28 heavy (non-hydrogen) atoms. The van der Waals surface area contributed by atoms with Gasteiger partial charge in [0.1, 0.15) is 19.8 Å². The minimum absolute atomic E-state index is 0.165. The number of halogens is 2. The molecule has 3 rings (SSSR count). The molecule has 0 aromatic heterocycles. The Hall–Kier alpha value is -2.16. The molecule has 0 saturated heterocycles. The van der Waals surface area contributed by atoms with Crippen LogP contribution in [0.2, 0.25) is 10.0 Å². The molecule has 2 aromatic rings. The highest BCUT2D eigenvalue weighted by Crippen LogP contribution is 2.35. The van der Waals surface area contributed by atoms with E-state index in [0.29, 0.717) is 41.1 Å². The molecule has 0 bridgehead atoms. The Bertz CT molecular complexity index is 997. The van der Waals surface area contributed by atoms with Crippen LogP contribution in [0.25, 0.3) is 0 Å². The van der Waals surface area contributed by atoms with Crippen molar-refractivity contribution in [3.8, 4) is 11.5 Å². The minimum Gasteiger partial charge on any atom is -0.486 e. The third-order valence-corrected chi connectivity index (χ3v) is 6.49. The third kappa shape index (κ3) is 4.63. The molecule has 0 atom stereocenters. The van der Waals surface area contributed by atoms with Crippen molar-refractivity contribution in [2.45, 2.75) is 6.92 Å². The van der Waals surface area contributed by atoms with E-state index in [1.165, 1.54) is 13.0 Å². The summed E-state index contributed by atoms with van der Waals surface area (Å²) in [4.78, 5) is 12.5. The van der Waals surface area contributed by atoms with Crippen LogP contribution in [0.1, 0.15) is 6.92 Å². The van der Waals surface area contributed by atoms with E-state index < -0.39 is 22.5 Å². The standard InChI is InChI=1S/C18H18Cl2N2O5S/c1-2-28(24,25)22(13-4-6-16-17(10-13)27-8-7-26-16)11-18(23)21-12-3-5-14(19)15(20)9-12/h3-6,9-10H,2,7-8,11H2,1H3,(H,21,23). The summed E-state index contributed by atoms with van der Waals surface area (Å²) < 4.78 is 37.2. The van der Waals surface area contributed by atoms with E-state index in [9.17, 15) is 13.2 Å². The maximum Gasteiger partial charge on any atom is 0.245 e. The number of benzene rings is 2. The van der Waals surface area contributed by atoms with Crippen LogP contribution in [0.15, 0.2) is 36.4 Å². The zero-order valence-electron chi connectivity index (χ0n) is 14.9. The highest BCUT2D eigenvalue weighted by atomic mass is 35.5. The second-order valence-electron chi connectivity index (χ2n) is 5.91. The Balaban J connectivity index is 1.84. The molecule has 1 heterocycles. The van der Waals surface area contributed by atoms with Crippen molar-refractivity contribution < 1.29 is 22.7 Å². The van der Waals surface area contributed by atoms with Crippen LogP contribution < -0.4 is 19.1 Å². The van der Waals surface area contributed by atoms with Crippen molar-refractivity contribution in [2.24, 2.45) is 0 Å². The number of carbonyl (C=O) groups excluding carboxylic acids is 1. The second-order valence-corrected chi connectivity index (χ2v) is 8.91. The molecule has 1 N–H and O–H groups in total. The molecule has 10 heteroatoms. The molecule has 0 radical (unpaired) electrons. The second kappa shape index (κ2) is 8.46. The van der Waals surface area contributed by atoms with Crippen molar-refractivity contribution in [2.75, 3.05) is 35.1 Å². The summed E-state index contributed by atoms with van der Waals surface area (Å²) in [6.45, 7) is 1.90. The number of hydrogen-bond donors (Lipinski definition) is 1. The van der Waals surface area contributed by atoms with Gasteiger partial charge in [0.2, 0.25) is 15.9 Å². The normalized spacial score (nSPS) is 13.1. The average Bonchev–Trinajstić information content (AvgIpc) is 2.68. The fourth-order valence-electron chi connectivity index (χ4n) is 2.60. The summed E-state index contributed by atoms with van der Waals surface area (Å²) in [5.74, 6) is 0.279. The quantitative estimate of drug-likeness (QED) is 0.735. The summed E-state index contributed by atoms with van der Waals surface area (Å²) in [5.41, 5.74) is 0.728. The first-order chi connectivity index (χ1) is 13.3. The SMILES string of the molecule is CCS(=O)(=O)N(CC(=O)Nc1ccc(Cl)c(Cl)c1)c1ccc2c(c1)OCCO2. The number of hydrogen-bond acceptors (Lipinski definition) is 5. The maximum atomic E-state index is 12.6. The van der Waals surface area contributed by atoms with Gasteiger partial charge in [0.15, 0.2) is 11.5 Å². The molecule has 0 saturated carbocycles. The molecule has 0 fully saturated rings.